The molecule has 5 heteroatoms. The van der Waals surface area contributed by atoms with Crippen molar-refractivity contribution in [3.63, 3.8) is 0 Å². The van der Waals surface area contributed by atoms with Crippen molar-refractivity contribution in [1.29, 1.82) is 0 Å². The molecule has 1 heterocycles. The van der Waals surface area contributed by atoms with Crippen molar-refractivity contribution in [3.8, 4) is 0 Å². The first kappa shape index (κ1) is 13.7. The third kappa shape index (κ3) is 4.90. The summed E-state index contributed by atoms with van der Waals surface area (Å²) in [7, 11) is 0. The van der Waals surface area contributed by atoms with Gasteiger partial charge in [-0.15, -0.1) is 0 Å². The maximum absolute atomic E-state index is 5.53. The first-order valence-corrected chi connectivity index (χ1v) is 7.46. The summed E-state index contributed by atoms with van der Waals surface area (Å²) in [5, 5.41) is 8.19. The number of hydrogen-bond donors (Lipinski definition) is 2. The predicted molar refractivity (Wildman–Crippen MR) is 77.8 cm³/mol. The van der Waals surface area contributed by atoms with E-state index in [-0.39, 0.29) is 0 Å². The fourth-order valence-corrected chi connectivity index (χ4v) is 2.56. The fraction of sp³-hybridized carbons (Fsp3) is 0.846. The first-order valence-electron chi connectivity index (χ1n) is 7.05. The molecule has 18 heavy (non-hydrogen) atoms. The van der Waals surface area contributed by atoms with Crippen molar-refractivity contribution in [1.82, 2.24) is 10.7 Å². The summed E-state index contributed by atoms with van der Waals surface area (Å²) in [6.07, 6.45) is 10.0. The minimum atomic E-state index is 0.315. The lowest BCUT2D eigenvalue weighted by atomic mass is 10.2. The van der Waals surface area contributed by atoms with Gasteiger partial charge in [-0.1, -0.05) is 12.8 Å². The van der Waals surface area contributed by atoms with Crippen LogP contribution < -0.4 is 10.7 Å². The Balaban J connectivity index is 1.64. The highest BCUT2D eigenvalue weighted by Gasteiger charge is 2.15. The summed E-state index contributed by atoms with van der Waals surface area (Å²) < 4.78 is 5.53. The molecular formula is C13H23N3OS. The zero-order valence-electron chi connectivity index (χ0n) is 10.9. The lowest BCUT2D eigenvalue weighted by molar-refractivity contribution is 0.114. The number of hydrogen-bond acceptors (Lipinski definition) is 3. The van der Waals surface area contributed by atoms with E-state index < -0.39 is 0 Å². The molecule has 1 atom stereocenters. The Kier molecular flexibility index (Phi) is 5.87. The average Bonchev–Trinajstić information content (AvgIpc) is 2.76. The molecule has 0 aromatic rings. The van der Waals surface area contributed by atoms with Crippen LogP contribution in [0.5, 0.6) is 0 Å². The van der Waals surface area contributed by atoms with Crippen LogP contribution in [0.2, 0.25) is 0 Å². The third-order valence-electron chi connectivity index (χ3n) is 3.51. The number of thiocarbonyl (C=S) groups is 1. The SMILES string of the molecule is S=C(NC[C@H]1CCCO1)NN=C1CCCCCC1. The van der Waals surface area contributed by atoms with E-state index in [4.69, 9.17) is 17.0 Å². The second-order valence-electron chi connectivity index (χ2n) is 5.05. The van der Waals surface area contributed by atoms with E-state index in [1.165, 1.54) is 31.4 Å². The van der Waals surface area contributed by atoms with Crippen LogP contribution in [0, 0.1) is 0 Å². The van der Waals surface area contributed by atoms with Crippen LogP contribution >= 0.6 is 12.2 Å². The van der Waals surface area contributed by atoms with Crippen LogP contribution in [-0.4, -0.2) is 30.1 Å². The molecule has 0 bridgehead atoms. The largest absolute Gasteiger partial charge is 0.376 e. The van der Waals surface area contributed by atoms with Crippen molar-refractivity contribution in [2.75, 3.05) is 13.2 Å². The van der Waals surface area contributed by atoms with E-state index in [9.17, 15) is 0 Å². The molecule has 2 rings (SSSR count). The van der Waals surface area contributed by atoms with Crippen molar-refractivity contribution >= 4 is 23.0 Å². The molecule has 1 saturated carbocycles. The molecule has 2 aliphatic rings. The van der Waals surface area contributed by atoms with Crippen LogP contribution in [0.3, 0.4) is 0 Å². The topological polar surface area (TPSA) is 45.6 Å². The summed E-state index contributed by atoms with van der Waals surface area (Å²) in [4.78, 5) is 0. The molecule has 0 unspecified atom stereocenters. The number of nitrogens with one attached hydrogen (secondary N) is 2. The highest BCUT2D eigenvalue weighted by atomic mass is 32.1. The highest BCUT2D eigenvalue weighted by Crippen LogP contribution is 2.14. The van der Waals surface area contributed by atoms with E-state index in [2.05, 4.69) is 15.8 Å². The standard InChI is InChI=1S/C13H23N3OS/c18-13(14-10-12-8-5-9-17-12)16-15-11-6-3-1-2-4-7-11/h12H,1-10H2,(H2,14,16,18)/t12-/m1/s1. The average molecular weight is 269 g/mol. The summed E-state index contributed by atoms with van der Waals surface area (Å²) in [6, 6.07) is 0. The van der Waals surface area contributed by atoms with E-state index in [0.717, 1.165) is 38.8 Å². The van der Waals surface area contributed by atoms with Gasteiger partial charge in [-0.25, -0.2) is 0 Å². The second-order valence-corrected chi connectivity index (χ2v) is 5.46. The number of hydrazone groups is 1. The number of nitrogens with zero attached hydrogens (tertiary/aromatic N) is 1. The van der Waals surface area contributed by atoms with Crippen LogP contribution in [0.15, 0.2) is 5.10 Å². The highest BCUT2D eigenvalue weighted by molar-refractivity contribution is 7.80. The fourth-order valence-electron chi connectivity index (χ4n) is 2.43. The Labute approximate surface area is 115 Å². The maximum Gasteiger partial charge on any atom is 0.187 e. The van der Waals surface area contributed by atoms with Gasteiger partial charge in [-0.05, 0) is 50.7 Å². The third-order valence-corrected chi connectivity index (χ3v) is 3.75. The predicted octanol–water partition coefficient (Wildman–Crippen LogP) is 2.34. The van der Waals surface area contributed by atoms with E-state index in [1.54, 1.807) is 0 Å². The summed E-state index contributed by atoms with van der Waals surface area (Å²) >= 11 is 5.21. The molecule has 1 saturated heterocycles. The van der Waals surface area contributed by atoms with Gasteiger partial charge in [0.05, 0.1) is 6.10 Å². The van der Waals surface area contributed by atoms with E-state index in [1.807, 2.05) is 0 Å². The van der Waals surface area contributed by atoms with Gasteiger partial charge in [-0.2, -0.15) is 5.10 Å². The summed E-state index contributed by atoms with van der Waals surface area (Å²) in [5.74, 6) is 0. The lowest BCUT2D eigenvalue weighted by Gasteiger charge is -2.12. The summed E-state index contributed by atoms with van der Waals surface area (Å²) in [5.41, 5.74) is 4.21. The van der Waals surface area contributed by atoms with Gasteiger partial charge in [0.1, 0.15) is 0 Å². The minimum Gasteiger partial charge on any atom is -0.376 e. The molecule has 0 spiro atoms. The van der Waals surface area contributed by atoms with E-state index >= 15 is 0 Å². The van der Waals surface area contributed by atoms with Crippen molar-refractivity contribution in [2.24, 2.45) is 5.10 Å². The van der Waals surface area contributed by atoms with Gasteiger partial charge >= 0.3 is 0 Å². The molecule has 2 fully saturated rings. The smallest absolute Gasteiger partial charge is 0.187 e. The van der Waals surface area contributed by atoms with Gasteiger partial charge in [-0.3, -0.25) is 5.43 Å². The Hall–Kier alpha value is -0.680. The molecule has 0 aromatic carbocycles. The zero-order valence-corrected chi connectivity index (χ0v) is 11.7. The zero-order chi connectivity index (χ0) is 12.6. The molecule has 0 amide bonds. The van der Waals surface area contributed by atoms with E-state index in [0.29, 0.717) is 11.2 Å². The lowest BCUT2D eigenvalue weighted by Crippen LogP contribution is -2.37. The Morgan fingerprint density at radius 2 is 2.00 bits per heavy atom. The molecule has 4 nitrogen and oxygen atoms in total. The Morgan fingerprint density at radius 3 is 2.67 bits per heavy atom. The van der Waals surface area contributed by atoms with Crippen LogP contribution in [0.1, 0.15) is 51.4 Å². The quantitative estimate of drug-likeness (QED) is 0.469. The van der Waals surface area contributed by atoms with Crippen LogP contribution in [0.4, 0.5) is 0 Å². The van der Waals surface area contributed by atoms with Gasteiger partial charge in [0.2, 0.25) is 0 Å². The first-order chi connectivity index (χ1) is 8.84. The molecule has 1 aliphatic heterocycles. The molecule has 102 valence electrons. The molecular weight excluding hydrogens is 246 g/mol. The molecule has 0 radical (unpaired) electrons. The van der Waals surface area contributed by atoms with Gasteiger partial charge in [0.15, 0.2) is 5.11 Å². The maximum atomic E-state index is 5.53. The van der Waals surface area contributed by atoms with Gasteiger partial charge in [0, 0.05) is 18.9 Å². The van der Waals surface area contributed by atoms with Crippen molar-refractivity contribution < 1.29 is 4.74 Å². The van der Waals surface area contributed by atoms with Crippen molar-refractivity contribution in [2.45, 2.75) is 57.5 Å². The van der Waals surface area contributed by atoms with Crippen molar-refractivity contribution in [3.05, 3.63) is 0 Å². The number of ether oxygens (including phenoxy) is 1. The second kappa shape index (κ2) is 7.69. The van der Waals surface area contributed by atoms with Gasteiger partial charge < -0.3 is 10.1 Å². The minimum absolute atomic E-state index is 0.315. The summed E-state index contributed by atoms with van der Waals surface area (Å²) in [6.45, 7) is 1.67. The normalized spacial score (nSPS) is 24.4. The molecule has 0 aromatic heterocycles. The van der Waals surface area contributed by atoms with Crippen LogP contribution in [0.25, 0.3) is 0 Å². The monoisotopic (exact) mass is 269 g/mol. The molecule has 2 N–H and O–H groups in total. The number of rotatable bonds is 3. The molecule has 1 aliphatic carbocycles. The van der Waals surface area contributed by atoms with Gasteiger partial charge in [0.25, 0.3) is 0 Å². The Morgan fingerprint density at radius 1 is 1.22 bits per heavy atom. The van der Waals surface area contributed by atoms with Crippen LogP contribution in [-0.2, 0) is 4.74 Å². The Bertz CT molecular complexity index is 291.